The fourth-order valence-corrected chi connectivity index (χ4v) is 3.46. The number of sulfonamides is 1. The van der Waals surface area contributed by atoms with Gasteiger partial charge in [0.1, 0.15) is 11.6 Å². The molecule has 0 saturated carbocycles. The van der Waals surface area contributed by atoms with Crippen molar-refractivity contribution >= 4 is 37.5 Å². The molecule has 0 aliphatic rings. The van der Waals surface area contributed by atoms with E-state index >= 15 is 0 Å². The average molecular weight is 431 g/mol. The number of amides is 1. The molecule has 0 radical (unpaired) electrons. The van der Waals surface area contributed by atoms with Gasteiger partial charge in [-0.05, 0) is 42.5 Å². The summed E-state index contributed by atoms with van der Waals surface area (Å²) in [5.74, 6) is -0.755. The molecule has 0 spiro atoms. The van der Waals surface area contributed by atoms with E-state index in [0.29, 0.717) is 10.2 Å². The fraction of sp³-hybridized carbons (Fsp3) is 0.188. The molecule has 0 aliphatic heterocycles. The third-order valence-corrected chi connectivity index (χ3v) is 5.65. The molecule has 0 aliphatic carbocycles. The van der Waals surface area contributed by atoms with E-state index in [2.05, 4.69) is 21.2 Å². The number of nitrogens with zero attached hydrogens (tertiary/aromatic N) is 1. The van der Waals surface area contributed by atoms with Gasteiger partial charge in [0.15, 0.2) is 0 Å². The van der Waals surface area contributed by atoms with E-state index in [1.807, 2.05) is 0 Å². The first-order chi connectivity index (χ1) is 11.7. The van der Waals surface area contributed by atoms with Crippen molar-refractivity contribution in [2.75, 3.05) is 26.0 Å². The van der Waals surface area contributed by atoms with Gasteiger partial charge >= 0.3 is 0 Å². The van der Waals surface area contributed by atoms with E-state index in [4.69, 9.17) is 4.74 Å². The zero-order valence-electron chi connectivity index (χ0n) is 13.5. The van der Waals surface area contributed by atoms with Gasteiger partial charge in [0, 0.05) is 11.5 Å². The highest BCUT2D eigenvalue weighted by atomic mass is 79.9. The maximum atomic E-state index is 13.7. The quantitative estimate of drug-likeness (QED) is 0.764. The van der Waals surface area contributed by atoms with Crippen LogP contribution < -0.4 is 10.1 Å². The lowest BCUT2D eigenvalue weighted by Crippen LogP contribution is -2.35. The molecule has 134 valence electrons. The third-order valence-electron chi connectivity index (χ3n) is 3.34. The minimum absolute atomic E-state index is 0.0246. The number of hydrogen-bond acceptors (Lipinski definition) is 4. The molecule has 25 heavy (non-hydrogen) atoms. The van der Waals surface area contributed by atoms with Crippen molar-refractivity contribution in [2.24, 2.45) is 0 Å². The van der Waals surface area contributed by atoms with E-state index < -0.39 is 28.3 Å². The van der Waals surface area contributed by atoms with Crippen molar-refractivity contribution in [3.63, 3.8) is 0 Å². The van der Waals surface area contributed by atoms with Crippen LogP contribution in [0.1, 0.15) is 0 Å². The lowest BCUT2D eigenvalue weighted by atomic mass is 10.3. The molecule has 2 aromatic carbocycles. The minimum Gasteiger partial charge on any atom is -0.497 e. The van der Waals surface area contributed by atoms with Crippen molar-refractivity contribution in [2.45, 2.75) is 4.90 Å². The first-order valence-corrected chi connectivity index (χ1v) is 9.32. The smallest absolute Gasteiger partial charge is 0.243 e. The van der Waals surface area contributed by atoms with Gasteiger partial charge in [-0.25, -0.2) is 12.8 Å². The number of carbonyl (C=O) groups is 1. The summed E-state index contributed by atoms with van der Waals surface area (Å²) in [6.45, 7) is -0.454. The summed E-state index contributed by atoms with van der Waals surface area (Å²) < 4.78 is 45.0. The van der Waals surface area contributed by atoms with Gasteiger partial charge in [-0.2, -0.15) is 4.31 Å². The molecule has 0 unspecified atom stereocenters. The lowest BCUT2D eigenvalue weighted by Gasteiger charge is -2.17. The molecule has 6 nitrogen and oxygen atoms in total. The second-order valence-corrected chi connectivity index (χ2v) is 8.07. The van der Waals surface area contributed by atoms with Crippen LogP contribution in [-0.4, -0.2) is 39.3 Å². The lowest BCUT2D eigenvalue weighted by molar-refractivity contribution is -0.116. The molecule has 1 N–H and O–H groups in total. The highest BCUT2D eigenvalue weighted by molar-refractivity contribution is 9.10. The molecule has 2 rings (SSSR count). The van der Waals surface area contributed by atoms with Crippen LogP contribution >= 0.6 is 15.9 Å². The number of halogens is 2. The van der Waals surface area contributed by atoms with Gasteiger partial charge in [-0.1, -0.05) is 15.9 Å². The topological polar surface area (TPSA) is 75.7 Å². The first kappa shape index (κ1) is 19.4. The van der Waals surface area contributed by atoms with Gasteiger partial charge in [-0.15, -0.1) is 0 Å². The SMILES string of the molecule is COc1ccc(S(=O)(=O)N(C)CC(=O)Nc2ccc(Br)cc2F)cc1. The summed E-state index contributed by atoms with van der Waals surface area (Å²) in [7, 11) is -1.10. The first-order valence-electron chi connectivity index (χ1n) is 7.09. The van der Waals surface area contributed by atoms with Gasteiger partial charge in [0.25, 0.3) is 0 Å². The Labute approximate surface area is 153 Å². The van der Waals surface area contributed by atoms with Gasteiger partial charge in [0.05, 0.1) is 24.2 Å². The molecule has 0 saturated heterocycles. The summed E-state index contributed by atoms with van der Waals surface area (Å²) in [4.78, 5) is 12.0. The maximum absolute atomic E-state index is 13.7. The predicted octanol–water partition coefficient (Wildman–Crippen LogP) is 2.86. The summed E-state index contributed by atoms with van der Waals surface area (Å²) in [5, 5.41) is 2.35. The standard InChI is InChI=1S/C16H16BrFN2O4S/c1-20(25(22,23)13-6-4-12(24-2)5-7-13)10-16(21)19-15-8-3-11(17)9-14(15)18/h3-9H,10H2,1-2H3,(H,19,21). The summed E-state index contributed by atoms with van der Waals surface area (Å²) in [6.07, 6.45) is 0. The molecule has 0 aromatic heterocycles. The van der Waals surface area contributed by atoms with Crippen molar-refractivity contribution in [3.05, 3.63) is 52.8 Å². The molecule has 0 bridgehead atoms. The van der Waals surface area contributed by atoms with Gasteiger partial charge in [0.2, 0.25) is 15.9 Å². The number of likely N-dealkylation sites (N-methyl/N-ethyl adjacent to an activating group) is 1. The molecule has 0 atom stereocenters. The zero-order chi connectivity index (χ0) is 18.6. The Bertz CT molecular complexity index is 872. The number of hydrogen-bond donors (Lipinski definition) is 1. The molecular formula is C16H16BrFN2O4S. The highest BCUT2D eigenvalue weighted by Crippen LogP contribution is 2.20. The van der Waals surface area contributed by atoms with Crippen LogP contribution in [0.15, 0.2) is 51.8 Å². The molecule has 0 fully saturated rings. The van der Waals surface area contributed by atoms with Crippen LogP contribution in [-0.2, 0) is 14.8 Å². The van der Waals surface area contributed by atoms with Crippen LogP contribution in [0.4, 0.5) is 10.1 Å². The number of ether oxygens (including phenoxy) is 1. The zero-order valence-corrected chi connectivity index (χ0v) is 15.9. The van der Waals surface area contributed by atoms with E-state index in [1.54, 1.807) is 6.07 Å². The Morgan fingerprint density at radius 1 is 1.24 bits per heavy atom. The Morgan fingerprint density at radius 3 is 2.44 bits per heavy atom. The van der Waals surface area contributed by atoms with Crippen LogP contribution in [0.25, 0.3) is 0 Å². The predicted molar refractivity (Wildman–Crippen MR) is 95.5 cm³/mol. The van der Waals surface area contributed by atoms with Crippen molar-refractivity contribution < 1.29 is 22.3 Å². The van der Waals surface area contributed by atoms with E-state index in [9.17, 15) is 17.6 Å². The number of rotatable bonds is 6. The second kappa shape index (κ2) is 7.94. The van der Waals surface area contributed by atoms with Crippen molar-refractivity contribution in [3.8, 4) is 5.75 Å². The molecule has 2 aromatic rings. The monoisotopic (exact) mass is 430 g/mol. The highest BCUT2D eigenvalue weighted by Gasteiger charge is 2.23. The molecule has 1 amide bonds. The normalized spacial score (nSPS) is 11.4. The Balaban J connectivity index is 2.08. The summed E-state index contributed by atoms with van der Waals surface area (Å²) >= 11 is 3.12. The minimum atomic E-state index is -3.85. The second-order valence-electron chi connectivity index (χ2n) is 5.11. The van der Waals surface area contributed by atoms with Crippen molar-refractivity contribution in [1.82, 2.24) is 4.31 Å². The van der Waals surface area contributed by atoms with Crippen LogP contribution in [0.3, 0.4) is 0 Å². The Kier molecular flexibility index (Phi) is 6.15. The number of benzene rings is 2. The maximum Gasteiger partial charge on any atom is 0.243 e. The number of carbonyl (C=O) groups excluding carboxylic acids is 1. The molecular weight excluding hydrogens is 415 g/mol. The molecule has 0 heterocycles. The van der Waals surface area contributed by atoms with Crippen molar-refractivity contribution in [1.29, 1.82) is 0 Å². The fourth-order valence-electron chi connectivity index (χ4n) is 2.00. The van der Waals surface area contributed by atoms with Crippen LogP contribution in [0.2, 0.25) is 0 Å². The van der Waals surface area contributed by atoms with E-state index in [0.717, 1.165) is 4.31 Å². The van der Waals surface area contributed by atoms with E-state index in [-0.39, 0.29) is 10.6 Å². The largest absolute Gasteiger partial charge is 0.497 e. The van der Waals surface area contributed by atoms with Gasteiger partial charge < -0.3 is 10.1 Å². The molecule has 9 heteroatoms. The van der Waals surface area contributed by atoms with Crippen LogP contribution in [0.5, 0.6) is 5.75 Å². The number of anilines is 1. The van der Waals surface area contributed by atoms with Crippen LogP contribution in [0, 0.1) is 5.82 Å². The van der Waals surface area contributed by atoms with Gasteiger partial charge in [-0.3, -0.25) is 4.79 Å². The summed E-state index contributed by atoms with van der Waals surface area (Å²) in [5.41, 5.74) is -0.0246. The van der Waals surface area contributed by atoms with E-state index in [1.165, 1.54) is 50.6 Å². The third kappa shape index (κ3) is 4.77. The number of nitrogens with one attached hydrogen (secondary N) is 1. The average Bonchev–Trinajstić information content (AvgIpc) is 2.57. The Morgan fingerprint density at radius 2 is 1.88 bits per heavy atom. The summed E-state index contributed by atoms with van der Waals surface area (Å²) in [6, 6.07) is 9.95. The number of methoxy groups -OCH3 is 1. The Hall–Kier alpha value is -1.97.